The number of rotatable bonds is 4. The summed E-state index contributed by atoms with van der Waals surface area (Å²) in [6.45, 7) is 5.20. The molecule has 3 unspecified atom stereocenters. The molecule has 3 aliphatic heterocycles. The maximum Gasteiger partial charge on any atom is 0.133 e. The zero-order valence-corrected chi connectivity index (χ0v) is 16.8. The Morgan fingerprint density at radius 3 is 2.96 bits per heavy atom. The van der Waals surface area contributed by atoms with E-state index in [1.807, 2.05) is 7.05 Å². The average Bonchev–Trinajstić information content (AvgIpc) is 3.01. The number of nitrogens with one attached hydrogen (secondary N) is 4. The Hall–Kier alpha value is -1.60. The van der Waals surface area contributed by atoms with Crippen molar-refractivity contribution in [3.63, 3.8) is 0 Å². The van der Waals surface area contributed by atoms with Crippen molar-refractivity contribution in [1.82, 2.24) is 20.9 Å². The Kier molecular flexibility index (Phi) is 5.68. The van der Waals surface area contributed by atoms with Crippen LogP contribution >= 0.6 is 0 Å². The summed E-state index contributed by atoms with van der Waals surface area (Å²) in [6.07, 6.45) is 7.17. The molecule has 4 N–H and O–H groups in total. The minimum Gasteiger partial charge on any atom is -0.493 e. The van der Waals surface area contributed by atoms with Gasteiger partial charge in [0.1, 0.15) is 12.0 Å². The molecule has 0 aromatic heterocycles. The lowest BCUT2D eigenvalue weighted by molar-refractivity contribution is 0.249. The summed E-state index contributed by atoms with van der Waals surface area (Å²) in [6, 6.07) is 4.93. The molecule has 4 rings (SSSR count). The van der Waals surface area contributed by atoms with Gasteiger partial charge in [-0.05, 0) is 64.0 Å². The Labute approximate surface area is 162 Å². The van der Waals surface area contributed by atoms with Crippen LogP contribution in [0.15, 0.2) is 18.2 Å². The first-order valence-electron chi connectivity index (χ1n) is 10.3. The molecule has 1 aromatic carbocycles. The van der Waals surface area contributed by atoms with Gasteiger partial charge in [-0.3, -0.25) is 10.6 Å². The number of allylic oxidation sites excluding steroid dienone is 1. The van der Waals surface area contributed by atoms with Crippen molar-refractivity contribution in [3.8, 4) is 5.75 Å². The number of ether oxygens (including phenoxy) is 1. The van der Waals surface area contributed by atoms with Crippen LogP contribution in [0.5, 0.6) is 5.75 Å². The van der Waals surface area contributed by atoms with Crippen molar-refractivity contribution in [1.29, 1.82) is 0 Å². The third-order valence-electron chi connectivity index (χ3n) is 5.87. The number of benzene rings is 1. The van der Waals surface area contributed by atoms with E-state index in [9.17, 15) is 0 Å². The fourth-order valence-corrected chi connectivity index (χ4v) is 4.38. The highest BCUT2D eigenvalue weighted by atomic mass is 16.5. The van der Waals surface area contributed by atoms with Crippen molar-refractivity contribution in [3.05, 3.63) is 29.3 Å². The third-order valence-corrected chi connectivity index (χ3v) is 5.87. The fraction of sp³-hybridized carbons (Fsp3) is 0.619. The monoisotopic (exact) mass is 371 g/mol. The molecule has 3 heterocycles. The maximum absolute atomic E-state index is 5.94. The van der Waals surface area contributed by atoms with Crippen LogP contribution in [0.25, 0.3) is 5.57 Å². The van der Waals surface area contributed by atoms with Crippen molar-refractivity contribution in [2.24, 2.45) is 0 Å². The lowest BCUT2D eigenvalue weighted by Crippen LogP contribution is -2.63. The van der Waals surface area contributed by atoms with Crippen LogP contribution in [0.3, 0.4) is 0 Å². The summed E-state index contributed by atoms with van der Waals surface area (Å²) in [5, 5.41) is 14.1. The number of nitrogens with zero attached hydrogens (tertiary/aromatic N) is 1. The van der Waals surface area contributed by atoms with Gasteiger partial charge in [-0.2, -0.15) is 0 Å². The van der Waals surface area contributed by atoms with Crippen LogP contribution < -0.4 is 26.0 Å². The zero-order chi connectivity index (χ0) is 18.8. The highest BCUT2D eigenvalue weighted by Crippen LogP contribution is 2.37. The van der Waals surface area contributed by atoms with E-state index in [0.29, 0.717) is 12.2 Å². The fourth-order valence-electron chi connectivity index (χ4n) is 4.38. The minimum atomic E-state index is 0.0350. The molecule has 0 saturated carbocycles. The third kappa shape index (κ3) is 4.29. The van der Waals surface area contributed by atoms with Crippen molar-refractivity contribution < 1.29 is 4.74 Å². The second-order valence-corrected chi connectivity index (χ2v) is 8.08. The molecule has 0 radical (unpaired) electrons. The van der Waals surface area contributed by atoms with Gasteiger partial charge >= 0.3 is 0 Å². The minimum absolute atomic E-state index is 0.0350. The van der Waals surface area contributed by atoms with Gasteiger partial charge in [0.25, 0.3) is 0 Å². The predicted octanol–water partition coefficient (Wildman–Crippen LogP) is 1.94. The van der Waals surface area contributed by atoms with Gasteiger partial charge in [0.2, 0.25) is 0 Å². The Bertz CT molecular complexity index is 704. The Morgan fingerprint density at radius 1 is 1.22 bits per heavy atom. The van der Waals surface area contributed by atoms with E-state index < -0.39 is 0 Å². The molecular weight excluding hydrogens is 338 g/mol. The van der Waals surface area contributed by atoms with Crippen molar-refractivity contribution in [2.45, 2.75) is 51.1 Å². The molecule has 1 saturated heterocycles. The average molecular weight is 372 g/mol. The summed E-state index contributed by atoms with van der Waals surface area (Å²) in [5.74, 6) is 1.04. The number of likely N-dealkylation sites (N-methyl/N-ethyl adjacent to an activating group) is 1. The van der Waals surface area contributed by atoms with E-state index >= 15 is 0 Å². The van der Waals surface area contributed by atoms with Crippen LogP contribution in [0.4, 0.5) is 5.69 Å². The molecule has 0 aliphatic carbocycles. The van der Waals surface area contributed by atoms with E-state index in [1.54, 1.807) is 0 Å². The largest absolute Gasteiger partial charge is 0.493 e. The molecule has 148 valence electrons. The van der Waals surface area contributed by atoms with Gasteiger partial charge in [0, 0.05) is 36.3 Å². The summed E-state index contributed by atoms with van der Waals surface area (Å²) in [5.41, 5.74) is 5.33. The van der Waals surface area contributed by atoms with Crippen LogP contribution in [-0.4, -0.2) is 57.2 Å². The van der Waals surface area contributed by atoms with E-state index in [4.69, 9.17) is 4.74 Å². The zero-order valence-electron chi connectivity index (χ0n) is 16.8. The summed E-state index contributed by atoms with van der Waals surface area (Å²) in [4.78, 5) is 2.39. The quantitative estimate of drug-likeness (QED) is 0.649. The number of hydrogen-bond acceptors (Lipinski definition) is 6. The van der Waals surface area contributed by atoms with Crippen LogP contribution in [0, 0.1) is 0 Å². The standard InChI is InChI=1S/C21H33N5O/c1-14-11-20(22-2)25-21(23-14)24-16-12-18(17-7-10-27-19(17)13-16)15-5-4-8-26(3)9-6-15/h6,12-14,20-25H,4-5,7-11H2,1-3H3. The molecular formula is C21H33N5O. The van der Waals surface area contributed by atoms with Gasteiger partial charge in [-0.25, -0.2) is 0 Å². The SMILES string of the molecule is CNC1CC(C)NC(Nc2cc3c(c(C4=CCN(C)CCC4)c2)CCO3)N1. The van der Waals surface area contributed by atoms with E-state index in [2.05, 4.69) is 58.3 Å². The second-order valence-electron chi connectivity index (χ2n) is 8.08. The summed E-state index contributed by atoms with van der Waals surface area (Å²) < 4.78 is 5.94. The normalized spacial score (nSPS) is 28.9. The molecule has 6 nitrogen and oxygen atoms in total. The van der Waals surface area contributed by atoms with E-state index in [-0.39, 0.29) is 6.29 Å². The first-order valence-corrected chi connectivity index (χ1v) is 10.3. The number of anilines is 1. The van der Waals surface area contributed by atoms with E-state index in [1.165, 1.54) is 23.1 Å². The number of fused-ring (bicyclic) bond motifs is 1. The molecule has 0 bridgehead atoms. The molecule has 0 spiro atoms. The highest BCUT2D eigenvalue weighted by Gasteiger charge is 2.25. The van der Waals surface area contributed by atoms with Crippen LogP contribution in [0.1, 0.15) is 37.3 Å². The molecule has 3 aliphatic rings. The summed E-state index contributed by atoms with van der Waals surface area (Å²) in [7, 11) is 4.20. The van der Waals surface area contributed by atoms with Gasteiger partial charge in [-0.15, -0.1) is 0 Å². The van der Waals surface area contributed by atoms with Crippen LogP contribution in [-0.2, 0) is 6.42 Å². The van der Waals surface area contributed by atoms with Gasteiger partial charge in [0.15, 0.2) is 0 Å². The topological polar surface area (TPSA) is 60.6 Å². The molecule has 3 atom stereocenters. The van der Waals surface area contributed by atoms with Gasteiger partial charge < -0.3 is 20.3 Å². The Morgan fingerprint density at radius 2 is 2.11 bits per heavy atom. The van der Waals surface area contributed by atoms with Crippen LogP contribution in [0.2, 0.25) is 0 Å². The molecule has 0 amide bonds. The number of hydrogen-bond donors (Lipinski definition) is 4. The smallest absolute Gasteiger partial charge is 0.133 e. The molecule has 27 heavy (non-hydrogen) atoms. The second kappa shape index (κ2) is 8.19. The van der Waals surface area contributed by atoms with Crippen molar-refractivity contribution in [2.75, 3.05) is 39.1 Å². The molecule has 1 aromatic rings. The molecule has 6 heteroatoms. The highest BCUT2D eigenvalue weighted by molar-refractivity contribution is 5.75. The summed E-state index contributed by atoms with van der Waals surface area (Å²) >= 11 is 0. The lowest BCUT2D eigenvalue weighted by Gasteiger charge is -2.37. The van der Waals surface area contributed by atoms with E-state index in [0.717, 1.165) is 50.4 Å². The first-order chi connectivity index (χ1) is 13.1. The van der Waals surface area contributed by atoms with Gasteiger partial charge in [-0.1, -0.05) is 6.08 Å². The van der Waals surface area contributed by atoms with Crippen molar-refractivity contribution >= 4 is 11.3 Å². The maximum atomic E-state index is 5.94. The lowest BCUT2D eigenvalue weighted by atomic mass is 9.94. The first kappa shape index (κ1) is 18.7. The Balaban J connectivity index is 1.59. The van der Waals surface area contributed by atoms with Gasteiger partial charge in [0.05, 0.1) is 12.8 Å². The molecule has 1 fully saturated rings. The predicted molar refractivity (Wildman–Crippen MR) is 111 cm³/mol.